The van der Waals surface area contributed by atoms with E-state index in [-0.39, 0.29) is 5.28 Å². The predicted molar refractivity (Wildman–Crippen MR) is 111 cm³/mol. The summed E-state index contributed by atoms with van der Waals surface area (Å²) in [5, 5.41) is 2.51. The number of anilines is 1. The van der Waals surface area contributed by atoms with E-state index < -0.39 is 0 Å². The van der Waals surface area contributed by atoms with Crippen molar-refractivity contribution in [1.29, 1.82) is 0 Å². The Labute approximate surface area is 169 Å². The Morgan fingerprint density at radius 2 is 1.89 bits per heavy atom. The number of halogens is 1. The summed E-state index contributed by atoms with van der Waals surface area (Å²) in [5.74, 6) is 1.35. The Hall–Kier alpha value is -2.18. The summed E-state index contributed by atoms with van der Waals surface area (Å²) < 4.78 is 2.18. The maximum absolute atomic E-state index is 6.26. The monoisotopic (exact) mass is 396 g/mol. The molecule has 2 aromatic heterocycles. The van der Waals surface area contributed by atoms with Gasteiger partial charge < -0.3 is 9.99 Å². The lowest BCUT2D eigenvalue weighted by Gasteiger charge is -2.19. The molecule has 0 radical (unpaired) electrons. The lowest BCUT2D eigenvalue weighted by atomic mass is 9.99. The van der Waals surface area contributed by atoms with E-state index in [4.69, 9.17) is 11.6 Å². The zero-order chi connectivity index (χ0) is 18.9. The first kappa shape index (κ1) is 17.9. The van der Waals surface area contributed by atoms with Gasteiger partial charge in [0.2, 0.25) is 5.28 Å². The molecule has 7 heteroatoms. The zero-order valence-electron chi connectivity index (χ0n) is 15.9. The third-order valence-electron chi connectivity index (χ3n) is 6.03. The fourth-order valence-corrected chi connectivity index (χ4v) is 4.78. The highest BCUT2D eigenvalue weighted by molar-refractivity contribution is 6.28. The first-order valence-corrected chi connectivity index (χ1v) is 10.6. The van der Waals surface area contributed by atoms with Crippen LogP contribution in [0, 0.1) is 5.92 Å². The highest BCUT2D eigenvalue weighted by atomic mass is 35.5. The number of imidazole rings is 1. The molecular weight excluding hydrogens is 372 g/mol. The molecule has 3 aromatic rings. The van der Waals surface area contributed by atoms with Crippen molar-refractivity contribution in [3.05, 3.63) is 47.5 Å². The lowest BCUT2D eigenvalue weighted by Crippen LogP contribution is -2.28. The largest absolute Gasteiger partial charge is 0.312 e. The SMILES string of the molecule is Clc1nc(NN2CC[C@H](Cc3ccccc3)C2)c2ncn(C3CCCC3)c2n1. The van der Waals surface area contributed by atoms with E-state index in [0.29, 0.717) is 17.8 Å². The first-order valence-electron chi connectivity index (χ1n) is 10.2. The van der Waals surface area contributed by atoms with E-state index in [2.05, 4.69) is 60.3 Å². The van der Waals surface area contributed by atoms with E-state index in [1.54, 1.807) is 0 Å². The van der Waals surface area contributed by atoms with Crippen molar-refractivity contribution >= 4 is 28.6 Å². The van der Waals surface area contributed by atoms with Crippen LogP contribution in [-0.4, -0.2) is 37.6 Å². The fourth-order valence-electron chi connectivity index (χ4n) is 4.62. The molecule has 1 saturated carbocycles. The number of nitrogens with zero attached hydrogens (tertiary/aromatic N) is 5. The second-order valence-corrected chi connectivity index (χ2v) is 8.34. The van der Waals surface area contributed by atoms with E-state index in [1.165, 1.54) is 37.7 Å². The normalized spacial score (nSPS) is 21.0. The third-order valence-corrected chi connectivity index (χ3v) is 6.20. The van der Waals surface area contributed by atoms with E-state index in [9.17, 15) is 0 Å². The van der Waals surface area contributed by atoms with Crippen molar-refractivity contribution in [1.82, 2.24) is 24.5 Å². The fraction of sp³-hybridized carbons (Fsp3) is 0.476. The third kappa shape index (κ3) is 3.59. The van der Waals surface area contributed by atoms with Gasteiger partial charge in [0.05, 0.1) is 6.33 Å². The van der Waals surface area contributed by atoms with Gasteiger partial charge in [-0.1, -0.05) is 43.2 Å². The molecule has 1 atom stereocenters. The predicted octanol–water partition coefficient (Wildman–Crippen LogP) is 4.49. The van der Waals surface area contributed by atoms with Crippen molar-refractivity contribution < 1.29 is 0 Å². The number of aromatic nitrogens is 4. The molecule has 1 N–H and O–H groups in total. The number of nitrogens with one attached hydrogen (secondary N) is 1. The molecule has 0 bridgehead atoms. The van der Waals surface area contributed by atoms with Crippen molar-refractivity contribution in [3.8, 4) is 0 Å². The maximum Gasteiger partial charge on any atom is 0.226 e. The first-order chi connectivity index (χ1) is 13.8. The molecular formula is C21H25ClN6. The molecule has 28 heavy (non-hydrogen) atoms. The Balaban J connectivity index is 1.33. The quantitative estimate of drug-likeness (QED) is 0.644. The van der Waals surface area contributed by atoms with Crippen LogP contribution in [-0.2, 0) is 6.42 Å². The smallest absolute Gasteiger partial charge is 0.226 e. The van der Waals surface area contributed by atoms with E-state index in [0.717, 1.165) is 30.7 Å². The summed E-state index contributed by atoms with van der Waals surface area (Å²) in [4.78, 5) is 13.5. The number of fused-ring (bicyclic) bond motifs is 1. The number of rotatable bonds is 5. The molecule has 0 spiro atoms. The average molecular weight is 397 g/mol. The summed E-state index contributed by atoms with van der Waals surface area (Å²) in [6.07, 6.45) is 9.08. The van der Waals surface area contributed by atoms with Crippen LogP contribution >= 0.6 is 11.6 Å². The van der Waals surface area contributed by atoms with Gasteiger partial charge in [-0.05, 0) is 48.8 Å². The molecule has 2 fully saturated rings. The molecule has 1 saturated heterocycles. The van der Waals surface area contributed by atoms with Gasteiger partial charge in [0.15, 0.2) is 17.0 Å². The molecule has 5 rings (SSSR count). The van der Waals surface area contributed by atoms with Crippen molar-refractivity contribution in [3.63, 3.8) is 0 Å². The molecule has 1 aliphatic carbocycles. The molecule has 146 valence electrons. The Morgan fingerprint density at radius 3 is 2.71 bits per heavy atom. The minimum atomic E-state index is 0.273. The Kier molecular flexibility index (Phi) is 4.91. The summed E-state index contributed by atoms with van der Waals surface area (Å²) in [7, 11) is 0. The van der Waals surface area contributed by atoms with Crippen molar-refractivity contribution in [2.45, 2.75) is 44.6 Å². The Morgan fingerprint density at radius 1 is 1.07 bits per heavy atom. The van der Waals surface area contributed by atoms with Gasteiger partial charge in [0.1, 0.15) is 0 Å². The minimum Gasteiger partial charge on any atom is -0.312 e. The highest BCUT2D eigenvalue weighted by Crippen LogP contribution is 2.33. The molecule has 3 heterocycles. The second-order valence-electron chi connectivity index (χ2n) is 8.01. The van der Waals surface area contributed by atoms with Gasteiger partial charge in [-0.2, -0.15) is 9.97 Å². The van der Waals surface area contributed by atoms with Crippen LogP contribution < -0.4 is 5.43 Å². The van der Waals surface area contributed by atoms with Crippen LogP contribution in [0.3, 0.4) is 0 Å². The van der Waals surface area contributed by atoms with Gasteiger partial charge in [-0.25, -0.2) is 9.99 Å². The van der Waals surface area contributed by atoms with Gasteiger partial charge in [0, 0.05) is 19.1 Å². The topological polar surface area (TPSA) is 58.9 Å². The summed E-state index contributed by atoms with van der Waals surface area (Å²) in [6.45, 7) is 1.98. The van der Waals surface area contributed by atoms with Crippen LogP contribution in [0.1, 0.15) is 43.7 Å². The Bertz CT molecular complexity index is 950. The summed E-state index contributed by atoms with van der Waals surface area (Å²) >= 11 is 6.26. The van der Waals surface area contributed by atoms with Crippen LogP contribution in [0.15, 0.2) is 36.7 Å². The minimum absolute atomic E-state index is 0.273. The molecule has 0 amide bonds. The summed E-state index contributed by atoms with van der Waals surface area (Å²) in [5.41, 5.74) is 6.52. The van der Waals surface area contributed by atoms with E-state index >= 15 is 0 Å². The van der Waals surface area contributed by atoms with Crippen molar-refractivity contribution in [2.75, 3.05) is 18.5 Å². The van der Waals surface area contributed by atoms with Crippen molar-refractivity contribution in [2.24, 2.45) is 5.92 Å². The summed E-state index contributed by atoms with van der Waals surface area (Å²) in [6, 6.07) is 11.2. The van der Waals surface area contributed by atoms with Crippen LogP contribution in [0.25, 0.3) is 11.2 Å². The van der Waals surface area contributed by atoms with Crippen LogP contribution in [0.2, 0.25) is 5.28 Å². The van der Waals surface area contributed by atoms with Crippen LogP contribution in [0.5, 0.6) is 0 Å². The molecule has 2 aliphatic rings. The average Bonchev–Trinajstić information content (AvgIpc) is 3.43. The molecule has 6 nitrogen and oxygen atoms in total. The van der Waals surface area contributed by atoms with Crippen LogP contribution in [0.4, 0.5) is 5.82 Å². The standard InChI is InChI=1S/C21H25ClN6/c22-21-24-19(18-20(25-21)28(14-23-18)17-8-4-5-9-17)26-27-11-10-16(13-27)12-15-6-2-1-3-7-15/h1-3,6-7,14,16-17H,4-5,8-13H2,(H,24,25,26)/t16-/m1/s1. The van der Waals surface area contributed by atoms with Gasteiger partial charge in [-0.15, -0.1) is 0 Å². The highest BCUT2D eigenvalue weighted by Gasteiger charge is 2.25. The lowest BCUT2D eigenvalue weighted by molar-refractivity contribution is 0.386. The molecule has 0 unspecified atom stereocenters. The second kappa shape index (κ2) is 7.68. The number of hydrazine groups is 1. The number of hydrogen-bond donors (Lipinski definition) is 1. The number of hydrogen-bond acceptors (Lipinski definition) is 5. The van der Waals surface area contributed by atoms with E-state index in [1.807, 2.05) is 6.33 Å². The number of benzene rings is 1. The molecule has 1 aromatic carbocycles. The molecule has 1 aliphatic heterocycles. The maximum atomic E-state index is 6.26. The van der Waals surface area contributed by atoms with Gasteiger partial charge in [0.25, 0.3) is 0 Å². The van der Waals surface area contributed by atoms with Gasteiger partial charge in [-0.3, -0.25) is 0 Å². The zero-order valence-corrected chi connectivity index (χ0v) is 16.6. The van der Waals surface area contributed by atoms with Gasteiger partial charge >= 0.3 is 0 Å².